The third-order valence-corrected chi connectivity index (χ3v) is 4.45. The van der Waals surface area contributed by atoms with Crippen molar-refractivity contribution in [1.29, 1.82) is 0 Å². The summed E-state index contributed by atoms with van der Waals surface area (Å²) in [5.74, 6) is -1.76. The van der Waals surface area contributed by atoms with Crippen LogP contribution in [0.1, 0.15) is 0 Å². The van der Waals surface area contributed by atoms with Crippen molar-refractivity contribution in [3.8, 4) is 17.0 Å². The zero-order valence-corrected chi connectivity index (χ0v) is 16.8. The van der Waals surface area contributed by atoms with Gasteiger partial charge in [-0.05, 0) is 48.5 Å². The normalized spacial score (nSPS) is 10.3. The Bertz CT molecular complexity index is 1390. The molecule has 13 heteroatoms. The lowest BCUT2D eigenvalue weighted by atomic mass is 10.1. The van der Waals surface area contributed by atoms with Gasteiger partial charge in [-0.3, -0.25) is 30.3 Å². The number of nitro groups is 3. The molecule has 34 heavy (non-hydrogen) atoms. The Morgan fingerprint density at radius 3 is 1.79 bits per heavy atom. The first kappa shape index (κ1) is 23.6. The van der Waals surface area contributed by atoms with Gasteiger partial charge in [0.25, 0.3) is 11.4 Å². The zero-order valence-electron chi connectivity index (χ0n) is 16.8. The van der Waals surface area contributed by atoms with E-state index in [0.29, 0.717) is 12.1 Å². The van der Waals surface area contributed by atoms with Gasteiger partial charge < -0.3 is 5.11 Å². The first-order valence-electron chi connectivity index (χ1n) is 9.19. The fourth-order valence-electron chi connectivity index (χ4n) is 2.85. The van der Waals surface area contributed by atoms with E-state index in [1.807, 2.05) is 6.07 Å². The number of hydrogen-bond acceptors (Lipinski definition) is 8. The molecule has 1 aromatic heterocycles. The summed E-state index contributed by atoms with van der Waals surface area (Å²) in [5.41, 5.74) is -0.701. The standard InChI is InChI=1S/C15H9F2N.C6H3N3O7/c16-12-4-1-10(2-5-12)14-7-3-11-9-13(17)6-8-15(11)18-14;10-6-4(8(13)14)1-3(7(11)12)2-5(6)9(15)16/h1-9H;1-2,10H. The first-order chi connectivity index (χ1) is 16.1. The average Bonchev–Trinajstić information content (AvgIpc) is 2.79. The SMILES string of the molecule is Fc1ccc(-c2ccc3cc(F)ccc3n2)cc1.O=[N+]([O-])c1cc([N+](=O)[O-])c(O)c([N+](=O)[O-])c1. The maximum atomic E-state index is 13.0. The van der Waals surface area contributed by atoms with Gasteiger partial charge in [-0.2, -0.15) is 0 Å². The molecule has 0 atom stereocenters. The maximum absolute atomic E-state index is 13.0. The minimum atomic E-state index is -1.21. The molecule has 0 amide bonds. The molecule has 4 aromatic rings. The molecule has 3 aromatic carbocycles. The van der Waals surface area contributed by atoms with Gasteiger partial charge in [0, 0.05) is 10.9 Å². The molecule has 4 rings (SSSR count). The Morgan fingerprint density at radius 1 is 0.706 bits per heavy atom. The van der Waals surface area contributed by atoms with Crippen molar-refractivity contribution in [3.63, 3.8) is 0 Å². The van der Waals surface area contributed by atoms with Crippen molar-refractivity contribution in [3.05, 3.63) is 109 Å². The van der Waals surface area contributed by atoms with Gasteiger partial charge in [-0.15, -0.1) is 0 Å². The first-order valence-corrected chi connectivity index (χ1v) is 9.19. The summed E-state index contributed by atoms with van der Waals surface area (Å²) in [5, 5.41) is 41.0. The van der Waals surface area contributed by atoms with Gasteiger partial charge in [-0.25, -0.2) is 13.8 Å². The van der Waals surface area contributed by atoms with E-state index in [4.69, 9.17) is 5.11 Å². The molecule has 0 spiro atoms. The van der Waals surface area contributed by atoms with Gasteiger partial charge in [0.15, 0.2) is 0 Å². The predicted octanol–water partition coefficient (Wildman–Crippen LogP) is 5.30. The van der Waals surface area contributed by atoms with Crippen molar-refractivity contribution in [2.45, 2.75) is 0 Å². The second-order valence-corrected chi connectivity index (χ2v) is 6.64. The summed E-state index contributed by atoms with van der Waals surface area (Å²) >= 11 is 0. The van der Waals surface area contributed by atoms with E-state index in [9.17, 15) is 39.1 Å². The lowest BCUT2D eigenvalue weighted by molar-refractivity contribution is -0.404. The lowest BCUT2D eigenvalue weighted by Gasteiger charge is -2.03. The number of hydrogen-bond donors (Lipinski definition) is 1. The number of halogens is 2. The minimum Gasteiger partial charge on any atom is -0.497 e. The number of non-ortho nitro benzene ring substituents is 1. The van der Waals surface area contributed by atoms with Crippen LogP contribution in [0, 0.1) is 42.0 Å². The molecular formula is C21H12F2N4O7. The number of rotatable bonds is 4. The number of fused-ring (bicyclic) bond motifs is 1. The smallest absolute Gasteiger partial charge is 0.324 e. The quantitative estimate of drug-likeness (QED) is 0.310. The summed E-state index contributed by atoms with van der Waals surface area (Å²) in [6, 6.07) is 15.1. The fourth-order valence-corrected chi connectivity index (χ4v) is 2.85. The Balaban J connectivity index is 0.000000192. The molecule has 0 aliphatic heterocycles. The van der Waals surface area contributed by atoms with Crippen LogP contribution in [0.5, 0.6) is 5.75 Å². The van der Waals surface area contributed by atoms with Crippen molar-refractivity contribution >= 4 is 28.0 Å². The highest BCUT2D eigenvalue weighted by Crippen LogP contribution is 2.39. The van der Waals surface area contributed by atoms with Gasteiger partial charge in [0.1, 0.15) is 11.6 Å². The van der Waals surface area contributed by atoms with Crippen molar-refractivity contribution in [2.24, 2.45) is 0 Å². The third kappa shape index (κ3) is 5.21. The summed E-state index contributed by atoms with van der Waals surface area (Å²) < 4.78 is 25.9. The molecule has 0 unspecified atom stereocenters. The number of aromatic hydroxyl groups is 1. The molecule has 11 nitrogen and oxygen atoms in total. The Kier molecular flexibility index (Phi) is 6.66. The second kappa shape index (κ2) is 9.60. The van der Waals surface area contributed by atoms with E-state index >= 15 is 0 Å². The number of phenolic OH excluding ortho intramolecular Hbond substituents is 1. The molecule has 0 bridgehead atoms. The molecule has 0 fully saturated rings. The molecule has 0 aliphatic carbocycles. The van der Waals surface area contributed by atoms with Crippen molar-refractivity contribution < 1.29 is 28.7 Å². The highest BCUT2D eigenvalue weighted by Gasteiger charge is 2.30. The monoisotopic (exact) mass is 470 g/mol. The number of phenols is 1. The van der Waals surface area contributed by atoms with Crippen LogP contribution in [0.3, 0.4) is 0 Å². The van der Waals surface area contributed by atoms with Crippen LogP contribution in [-0.4, -0.2) is 24.9 Å². The van der Waals surface area contributed by atoms with E-state index in [2.05, 4.69) is 4.98 Å². The highest BCUT2D eigenvalue weighted by molar-refractivity contribution is 5.81. The largest absolute Gasteiger partial charge is 0.497 e. The second-order valence-electron chi connectivity index (χ2n) is 6.64. The van der Waals surface area contributed by atoms with Crippen LogP contribution in [0.25, 0.3) is 22.2 Å². The van der Waals surface area contributed by atoms with E-state index in [-0.39, 0.29) is 11.6 Å². The minimum absolute atomic E-state index is 0.276. The van der Waals surface area contributed by atoms with Gasteiger partial charge in [0.05, 0.1) is 38.1 Å². The van der Waals surface area contributed by atoms with E-state index in [0.717, 1.165) is 22.2 Å². The Labute approximate surface area is 188 Å². The van der Waals surface area contributed by atoms with Crippen LogP contribution < -0.4 is 0 Å². The number of nitrogens with zero attached hydrogens (tertiary/aromatic N) is 4. The third-order valence-electron chi connectivity index (χ3n) is 4.45. The average molecular weight is 470 g/mol. The summed E-state index contributed by atoms with van der Waals surface area (Å²) in [6.07, 6.45) is 0. The van der Waals surface area contributed by atoms with Crippen LogP contribution >= 0.6 is 0 Å². The number of nitro benzene ring substituents is 3. The predicted molar refractivity (Wildman–Crippen MR) is 115 cm³/mol. The van der Waals surface area contributed by atoms with E-state index < -0.39 is 37.6 Å². The van der Waals surface area contributed by atoms with E-state index in [1.54, 1.807) is 24.3 Å². The van der Waals surface area contributed by atoms with Crippen LogP contribution in [0.4, 0.5) is 25.8 Å². The van der Waals surface area contributed by atoms with Gasteiger partial charge in [-0.1, -0.05) is 6.07 Å². The lowest BCUT2D eigenvalue weighted by Crippen LogP contribution is -1.97. The molecule has 1 N–H and O–H groups in total. The summed E-state index contributed by atoms with van der Waals surface area (Å²) in [7, 11) is 0. The number of pyridine rings is 1. The molecular weight excluding hydrogens is 458 g/mol. The Hall–Kier alpha value is -5.07. The summed E-state index contributed by atoms with van der Waals surface area (Å²) in [4.78, 5) is 32.2. The van der Waals surface area contributed by atoms with Crippen LogP contribution in [0.15, 0.2) is 66.7 Å². The van der Waals surface area contributed by atoms with Crippen LogP contribution in [-0.2, 0) is 0 Å². The van der Waals surface area contributed by atoms with Crippen molar-refractivity contribution in [2.75, 3.05) is 0 Å². The van der Waals surface area contributed by atoms with Gasteiger partial charge in [0.2, 0.25) is 0 Å². The topological polar surface area (TPSA) is 163 Å². The Morgan fingerprint density at radius 2 is 1.26 bits per heavy atom. The maximum Gasteiger partial charge on any atom is 0.324 e. The molecule has 0 saturated heterocycles. The zero-order chi connectivity index (χ0) is 25.0. The highest BCUT2D eigenvalue weighted by atomic mass is 19.1. The molecule has 1 heterocycles. The number of benzene rings is 3. The molecule has 0 saturated carbocycles. The van der Waals surface area contributed by atoms with Crippen LogP contribution in [0.2, 0.25) is 0 Å². The number of aromatic nitrogens is 1. The van der Waals surface area contributed by atoms with E-state index in [1.165, 1.54) is 24.3 Å². The molecule has 0 radical (unpaired) electrons. The van der Waals surface area contributed by atoms with Crippen molar-refractivity contribution in [1.82, 2.24) is 4.98 Å². The molecule has 0 aliphatic rings. The summed E-state index contributed by atoms with van der Waals surface area (Å²) in [6.45, 7) is 0. The van der Waals surface area contributed by atoms with Gasteiger partial charge >= 0.3 is 11.4 Å². The fraction of sp³-hybridized carbons (Fsp3) is 0. The molecule has 172 valence electrons.